The van der Waals surface area contributed by atoms with Crippen molar-refractivity contribution in [3.05, 3.63) is 60.4 Å². The molecule has 7 nitrogen and oxygen atoms in total. The quantitative estimate of drug-likeness (QED) is 0.604. The topological polar surface area (TPSA) is 93.4 Å². The number of ether oxygens (including phenoxy) is 1. The summed E-state index contributed by atoms with van der Waals surface area (Å²) in [5.74, 6) is 0.819. The molecule has 3 N–H and O–H groups in total. The van der Waals surface area contributed by atoms with Gasteiger partial charge in [0.25, 0.3) is 5.91 Å². The highest BCUT2D eigenvalue weighted by Gasteiger charge is 2.11. The maximum atomic E-state index is 12.4. The fourth-order valence-electron chi connectivity index (χ4n) is 2.89. The van der Waals surface area contributed by atoms with Gasteiger partial charge >= 0.3 is 0 Å². The zero-order valence-electron chi connectivity index (χ0n) is 18.8. The highest BCUT2D eigenvalue weighted by molar-refractivity contribution is 5.95. The first-order valence-electron chi connectivity index (χ1n) is 10.3. The standard InChI is InChI=1S/C22H25N5O2.C2H6/c1-27(2)10-9-25-22(28)17-6-4-5-15(11-17)18-12-19(21(23)26-14-18)16-7-8-24-20(13-16)29-3;1-2/h4-8,11-14H,9-10H2,1-3H3,(H2,23,26)(H,25,28);1-2H3. The number of nitrogen functional groups attached to an aromatic ring is 1. The molecule has 0 spiro atoms. The van der Waals surface area contributed by atoms with Crippen molar-refractivity contribution >= 4 is 11.7 Å². The molecule has 31 heavy (non-hydrogen) atoms. The van der Waals surface area contributed by atoms with E-state index in [0.717, 1.165) is 28.8 Å². The monoisotopic (exact) mass is 421 g/mol. The zero-order valence-corrected chi connectivity index (χ0v) is 18.8. The molecule has 2 heterocycles. The molecule has 0 unspecified atom stereocenters. The molecule has 0 bridgehead atoms. The van der Waals surface area contributed by atoms with Crippen LogP contribution in [0.1, 0.15) is 24.2 Å². The van der Waals surface area contributed by atoms with Crippen LogP contribution in [0.15, 0.2) is 54.9 Å². The maximum Gasteiger partial charge on any atom is 0.251 e. The Morgan fingerprint density at radius 3 is 2.55 bits per heavy atom. The van der Waals surface area contributed by atoms with E-state index in [0.29, 0.717) is 23.8 Å². The Morgan fingerprint density at radius 2 is 1.84 bits per heavy atom. The number of methoxy groups -OCH3 is 1. The van der Waals surface area contributed by atoms with Crippen LogP contribution in [0.2, 0.25) is 0 Å². The minimum atomic E-state index is -0.101. The van der Waals surface area contributed by atoms with E-state index >= 15 is 0 Å². The van der Waals surface area contributed by atoms with Crippen molar-refractivity contribution in [1.82, 2.24) is 20.2 Å². The zero-order chi connectivity index (χ0) is 22.8. The van der Waals surface area contributed by atoms with Gasteiger partial charge in [0.2, 0.25) is 5.88 Å². The number of nitrogens with zero attached hydrogens (tertiary/aromatic N) is 3. The van der Waals surface area contributed by atoms with Gasteiger partial charge in [-0.1, -0.05) is 26.0 Å². The minimum Gasteiger partial charge on any atom is -0.481 e. The molecule has 0 atom stereocenters. The van der Waals surface area contributed by atoms with E-state index in [1.807, 2.05) is 69.2 Å². The third-order valence-electron chi connectivity index (χ3n) is 4.48. The largest absolute Gasteiger partial charge is 0.481 e. The summed E-state index contributed by atoms with van der Waals surface area (Å²) in [5, 5.41) is 2.93. The first kappa shape index (κ1) is 23.8. The van der Waals surface area contributed by atoms with Crippen molar-refractivity contribution in [2.75, 3.05) is 40.0 Å². The molecular formula is C24H31N5O2. The van der Waals surface area contributed by atoms with Gasteiger partial charge in [0.05, 0.1) is 7.11 Å². The number of amides is 1. The third-order valence-corrected chi connectivity index (χ3v) is 4.48. The van der Waals surface area contributed by atoms with Gasteiger partial charge in [-0.05, 0) is 49.5 Å². The molecule has 0 saturated heterocycles. The normalized spacial score (nSPS) is 10.3. The van der Waals surface area contributed by atoms with Crippen molar-refractivity contribution < 1.29 is 9.53 Å². The van der Waals surface area contributed by atoms with Crippen LogP contribution in [0.4, 0.5) is 5.82 Å². The second-order valence-electron chi connectivity index (χ2n) is 6.88. The Bertz CT molecular complexity index is 1000. The first-order chi connectivity index (χ1) is 15.0. The lowest BCUT2D eigenvalue weighted by molar-refractivity contribution is 0.0951. The van der Waals surface area contributed by atoms with Gasteiger partial charge in [0, 0.05) is 48.2 Å². The van der Waals surface area contributed by atoms with Crippen LogP contribution in [0, 0.1) is 0 Å². The Labute approximate surface area is 184 Å². The molecule has 0 aliphatic rings. The molecule has 0 fully saturated rings. The predicted molar refractivity (Wildman–Crippen MR) is 126 cm³/mol. The number of hydrogen-bond acceptors (Lipinski definition) is 6. The fourth-order valence-corrected chi connectivity index (χ4v) is 2.89. The molecule has 7 heteroatoms. The summed E-state index contributed by atoms with van der Waals surface area (Å²) < 4.78 is 5.20. The molecular weight excluding hydrogens is 390 g/mol. The van der Waals surface area contributed by atoms with Crippen LogP contribution in [0.5, 0.6) is 5.88 Å². The van der Waals surface area contributed by atoms with Crippen LogP contribution in [-0.2, 0) is 0 Å². The van der Waals surface area contributed by atoms with Gasteiger partial charge in [-0.2, -0.15) is 0 Å². The summed E-state index contributed by atoms with van der Waals surface area (Å²) in [7, 11) is 5.51. The van der Waals surface area contributed by atoms with E-state index in [1.54, 1.807) is 25.6 Å². The number of aromatic nitrogens is 2. The lowest BCUT2D eigenvalue weighted by atomic mass is 10.00. The molecule has 2 aromatic heterocycles. The Morgan fingerprint density at radius 1 is 1.06 bits per heavy atom. The molecule has 164 valence electrons. The van der Waals surface area contributed by atoms with E-state index in [1.165, 1.54) is 0 Å². The Hall–Kier alpha value is -3.45. The van der Waals surface area contributed by atoms with E-state index in [9.17, 15) is 4.79 Å². The smallest absolute Gasteiger partial charge is 0.251 e. The molecule has 0 radical (unpaired) electrons. The van der Waals surface area contributed by atoms with Crippen molar-refractivity contribution in [3.8, 4) is 28.1 Å². The number of hydrogen-bond donors (Lipinski definition) is 2. The summed E-state index contributed by atoms with van der Waals surface area (Å²) in [4.78, 5) is 22.9. The molecule has 1 aromatic carbocycles. The second kappa shape index (κ2) is 11.7. The van der Waals surface area contributed by atoms with Gasteiger partial charge in [0.15, 0.2) is 0 Å². The van der Waals surface area contributed by atoms with Crippen LogP contribution < -0.4 is 15.8 Å². The second-order valence-corrected chi connectivity index (χ2v) is 6.88. The molecule has 3 aromatic rings. The number of benzene rings is 1. The number of rotatable bonds is 7. The van der Waals surface area contributed by atoms with Crippen molar-refractivity contribution in [2.45, 2.75) is 13.8 Å². The van der Waals surface area contributed by atoms with Gasteiger partial charge in [-0.15, -0.1) is 0 Å². The van der Waals surface area contributed by atoms with Gasteiger partial charge in [-0.25, -0.2) is 9.97 Å². The number of pyridine rings is 2. The van der Waals surface area contributed by atoms with E-state index in [2.05, 4.69) is 15.3 Å². The number of likely N-dealkylation sites (N-methyl/N-ethyl adjacent to an activating group) is 1. The summed E-state index contributed by atoms with van der Waals surface area (Å²) in [5.41, 5.74) is 10.1. The van der Waals surface area contributed by atoms with Gasteiger partial charge < -0.3 is 20.7 Å². The Balaban J connectivity index is 0.00000166. The number of carbonyl (C=O) groups excluding carboxylic acids is 1. The van der Waals surface area contributed by atoms with Crippen molar-refractivity contribution in [3.63, 3.8) is 0 Å². The highest BCUT2D eigenvalue weighted by Crippen LogP contribution is 2.31. The number of nitrogens with one attached hydrogen (secondary N) is 1. The van der Waals surface area contributed by atoms with Gasteiger partial charge in [-0.3, -0.25) is 4.79 Å². The SMILES string of the molecule is CC.COc1cc(-c2cc(-c3cccc(C(=O)NCCN(C)C)c3)cnc2N)ccn1. The average molecular weight is 422 g/mol. The Kier molecular flexibility index (Phi) is 8.96. The van der Waals surface area contributed by atoms with Crippen molar-refractivity contribution in [2.24, 2.45) is 0 Å². The summed E-state index contributed by atoms with van der Waals surface area (Å²) in [6.45, 7) is 5.37. The van der Waals surface area contributed by atoms with Crippen LogP contribution >= 0.6 is 0 Å². The number of nitrogens with two attached hydrogens (primary N) is 1. The summed E-state index contributed by atoms with van der Waals surface area (Å²) >= 11 is 0. The van der Waals surface area contributed by atoms with E-state index in [-0.39, 0.29) is 5.91 Å². The van der Waals surface area contributed by atoms with Crippen LogP contribution in [0.25, 0.3) is 22.3 Å². The minimum absolute atomic E-state index is 0.101. The average Bonchev–Trinajstić information content (AvgIpc) is 2.80. The molecule has 0 aliphatic carbocycles. The number of anilines is 1. The first-order valence-corrected chi connectivity index (χ1v) is 10.3. The number of carbonyl (C=O) groups is 1. The predicted octanol–water partition coefficient (Wildman–Crippen LogP) is 3.72. The highest BCUT2D eigenvalue weighted by atomic mass is 16.5. The fraction of sp³-hybridized carbons (Fsp3) is 0.292. The third kappa shape index (κ3) is 6.52. The lowest BCUT2D eigenvalue weighted by Crippen LogP contribution is -2.31. The summed E-state index contributed by atoms with van der Waals surface area (Å²) in [6, 6.07) is 13.1. The van der Waals surface area contributed by atoms with Crippen LogP contribution in [-0.4, -0.2) is 55.1 Å². The summed E-state index contributed by atoms with van der Waals surface area (Å²) in [6.07, 6.45) is 3.37. The van der Waals surface area contributed by atoms with E-state index in [4.69, 9.17) is 10.5 Å². The van der Waals surface area contributed by atoms with Gasteiger partial charge in [0.1, 0.15) is 5.82 Å². The van der Waals surface area contributed by atoms with Crippen molar-refractivity contribution in [1.29, 1.82) is 0 Å². The molecule has 1 amide bonds. The maximum absolute atomic E-state index is 12.4. The lowest BCUT2D eigenvalue weighted by Gasteiger charge is -2.12. The van der Waals surface area contributed by atoms with E-state index < -0.39 is 0 Å². The molecule has 0 saturated carbocycles. The molecule has 0 aliphatic heterocycles. The van der Waals surface area contributed by atoms with Crippen LogP contribution in [0.3, 0.4) is 0 Å². The molecule has 3 rings (SSSR count).